The minimum absolute atomic E-state index is 0. The molecule has 4 aromatic carbocycles. The summed E-state index contributed by atoms with van der Waals surface area (Å²) in [4.78, 5) is 0. The summed E-state index contributed by atoms with van der Waals surface area (Å²) in [7, 11) is 0. The van der Waals surface area contributed by atoms with E-state index in [9.17, 15) is 0 Å². The summed E-state index contributed by atoms with van der Waals surface area (Å²) in [5.74, 6) is 1.10. The molecule has 0 N–H and O–H groups in total. The first kappa shape index (κ1) is 39.0. The standard InChI is InChI=1S/2C22H25.C3H6.2ClH.Hf/c2*1-15(2)18-13-17-7-6-8-20(21(17)14-18)16-9-11-19(12-10-16)22(3,4)5;1-3-2;;;/h2*6-15H,1-5H3;1-3H2;2*1H;. The molecule has 1 fully saturated rings. The molecule has 1 aliphatic heterocycles. The van der Waals surface area contributed by atoms with Crippen LogP contribution >= 0.6 is 24.8 Å². The number of halogens is 2. The van der Waals surface area contributed by atoms with E-state index in [1.54, 1.807) is 22.3 Å². The summed E-state index contributed by atoms with van der Waals surface area (Å²) in [6.45, 7) is 23.7. The third-order valence-corrected chi connectivity index (χ3v) is 34.2. The van der Waals surface area contributed by atoms with Crippen LogP contribution in [0.5, 0.6) is 0 Å². The molecule has 0 amide bonds. The Morgan fingerprint density at radius 2 is 0.880 bits per heavy atom. The van der Waals surface area contributed by atoms with Crippen molar-refractivity contribution in [3.8, 4) is 22.3 Å². The Morgan fingerprint density at radius 1 is 0.520 bits per heavy atom. The normalized spacial score (nSPS) is 19.2. The Labute approximate surface area is 320 Å². The smallest absolute Gasteiger partial charge is 0.147 e. The SMILES string of the molecule is CC(C)C1=Cc2c(-c3ccc(C(C)(C)C)cc3)cccc2[CH]1[Hf]1([CH]2C(C(C)C)=Cc3c(-c4ccc(C(C)(C)C)cc4)cccc32)[CH2]C[CH2]1.Cl.Cl. The van der Waals surface area contributed by atoms with Crippen molar-refractivity contribution in [2.24, 2.45) is 11.8 Å². The van der Waals surface area contributed by atoms with Crippen molar-refractivity contribution in [3.05, 3.63) is 129 Å². The van der Waals surface area contributed by atoms with Crippen LogP contribution in [0, 0.1) is 11.8 Å². The summed E-state index contributed by atoms with van der Waals surface area (Å²) in [6, 6.07) is 33.5. The topological polar surface area (TPSA) is 0 Å². The molecule has 4 aromatic rings. The fourth-order valence-corrected chi connectivity index (χ4v) is 32.8. The Hall–Kier alpha value is -2.19. The van der Waals surface area contributed by atoms with Crippen LogP contribution in [0.25, 0.3) is 34.4 Å². The number of benzene rings is 4. The molecule has 264 valence electrons. The first-order chi connectivity index (χ1) is 22.7. The number of fused-ring (bicyclic) bond motifs is 2. The Morgan fingerprint density at radius 3 is 1.16 bits per heavy atom. The molecule has 0 saturated carbocycles. The van der Waals surface area contributed by atoms with Gasteiger partial charge < -0.3 is 0 Å². The van der Waals surface area contributed by atoms with Gasteiger partial charge in [-0.3, -0.25) is 0 Å². The monoisotopic (exact) mass is 872 g/mol. The molecule has 50 heavy (non-hydrogen) atoms. The second kappa shape index (κ2) is 14.3. The second-order valence-electron chi connectivity index (χ2n) is 17.8. The second-order valence-corrected chi connectivity index (χ2v) is 34.4. The summed E-state index contributed by atoms with van der Waals surface area (Å²) in [6.07, 6.45) is 6.75. The van der Waals surface area contributed by atoms with Crippen LogP contribution in [-0.4, -0.2) is 0 Å². The van der Waals surface area contributed by atoms with Gasteiger partial charge in [0.15, 0.2) is 0 Å². The predicted octanol–water partition coefficient (Wildman–Crippen LogP) is 14.7. The summed E-state index contributed by atoms with van der Waals surface area (Å²) in [5, 5.41) is 0. The third-order valence-electron chi connectivity index (χ3n) is 12.1. The Kier molecular flexibility index (Phi) is 11.2. The van der Waals surface area contributed by atoms with E-state index in [0.717, 1.165) is 0 Å². The van der Waals surface area contributed by atoms with E-state index >= 15 is 0 Å². The van der Waals surface area contributed by atoms with E-state index < -0.39 is 20.0 Å². The average Bonchev–Trinajstić information content (AvgIpc) is 3.61. The molecule has 7 rings (SSSR count). The van der Waals surface area contributed by atoms with E-state index in [0.29, 0.717) is 19.2 Å². The maximum atomic E-state index is 2.67. The minimum atomic E-state index is -3.12. The van der Waals surface area contributed by atoms with Crippen molar-refractivity contribution in [2.45, 2.75) is 102 Å². The Bertz CT molecular complexity index is 1770. The van der Waals surface area contributed by atoms with Gasteiger partial charge in [-0.15, -0.1) is 24.8 Å². The molecule has 0 spiro atoms. The molecular weight excluding hydrogens is 814 g/mol. The number of rotatable bonds is 6. The van der Waals surface area contributed by atoms with Gasteiger partial charge in [-0.1, -0.05) is 0 Å². The van der Waals surface area contributed by atoms with Crippen molar-refractivity contribution in [1.82, 2.24) is 0 Å². The van der Waals surface area contributed by atoms with E-state index in [-0.39, 0.29) is 35.6 Å². The first-order valence-electron chi connectivity index (χ1n) is 18.6. The number of hydrogen-bond acceptors (Lipinski definition) is 0. The summed E-state index contributed by atoms with van der Waals surface area (Å²) in [5.41, 5.74) is 18.5. The molecule has 2 atom stereocenters. The van der Waals surface area contributed by atoms with Crippen LogP contribution in [0.3, 0.4) is 0 Å². The van der Waals surface area contributed by atoms with Gasteiger partial charge in [-0.05, 0) is 0 Å². The van der Waals surface area contributed by atoms with Crippen LogP contribution in [0.4, 0.5) is 0 Å². The van der Waals surface area contributed by atoms with Crippen molar-refractivity contribution in [3.63, 3.8) is 0 Å². The zero-order valence-electron chi connectivity index (χ0n) is 32.0. The molecule has 2 aliphatic carbocycles. The van der Waals surface area contributed by atoms with Gasteiger partial charge >= 0.3 is 298 Å². The quantitative estimate of drug-likeness (QED) is 0.169. The van der Waals surface area contributed by atoms with Crippen molar-refractivity contribution in [1.29, 1.82) is 0 Å². The zero-order chi connectivity index (χ0) is 34.2. The molecule has 3 aliphatic rings. The van der Waals surface area contributed by atoms with Gasteiger partial charge in [0.05, 0.1) is 0 Å². The van der Waals surface area contributed by atoms with Crippen LogP contribution < -0.4 is 0 Å². The number of allylic oxidation sites excluding steroid dienone is 2. The maximum Gasteiger partial charge on any atom is -0.147 e. The first-order valence-corrected chi connectivity index (χ1v) is 27.8. The largest absolute Gasteiger partial charge is 0.147 e. The summed E-state index contributed by atoms with van der Waals surface area (Å²) < 4.78 is 4.32. The maximum absolute atomic E-state index is 3.12. The van der Waals surface area contributed by atoms with Crippen LogP contribution in [-0.2, 0) is 30.8 Å². The Balaban J connectivity index is 0.00000243. The van der Waals surface area contributed by atoms with Gasteiger partial charge in [0.1, 0.15) is 0 Å². The van der Waals surface area contributed by atoms with Crippen molar-refractivity contribution in [2.75, 3.05) is 0 Å². The molecule has 3 heteroatoms. The molecule has 1 saturated heterocycles. The summed E-state index contributed by atoms with van der Waals surface area (Å²) >= 11 is -3.12. The van der Waals surface area contributed by atoms with Crippen LogP contribution in [0.2, 0.25) is 8.35 Å². The average molecular weight is 872 g/mol. The van der Waals surface area contributed by atoms with Crippen LogP contribution in [0.15, 0.2) is 96.1 Å². The molecule has 0 nitrogen and oxygen atoms in total. The van der Waals surface area contributed by atoms with Crippen molar-refractivity contribution < 1.29 is 20.0 Å². The van der Waals surface area contributed by atoms with E-state index in [1.165, 1.54) is 59.3 Å². The van der Waals surface area contributed by atoms with Gasteiger partial charge in [0, 0.05) is 0 Å². The molecule has 0 bridgehead atoms. The molecule has 0 radical (unpaired) electrons. The van der Waals surface area contributed by atoms with Gasteiger partial charge in [0.25, 0.3) is 0 Å². The van der Waals surface area contributed by atoms with Crippen molar-refractivity contribution >= 4 is 37.0 Å². The van der Waals surface area contributed by atoms with Crippen LogP contribution in [0.1, 0.15) is 116 Å². The van der Waals surface area contributed by atoms with E-state index in [1.807, 2.05) is 0 Å². The van der Waals surface area contributed by atoms with Gasteiger partial charge in [0.2, 0.25) is 0 Å². The fourth-order valence-electron chi connectivity index (χ4n) is 9.27. The fraction of sp³-hybridized carbons (Fsp3) is 0.404. The zero-order valence-corrected chi connectivity index (χ0v) is 37.2. The molecule has 1 heterocycles. The van der Waals surface area contributed by atoms with Gasteiger partial charge in [-0.25, -0.2) is 0 Å². The molecular formula is C47H58Cl2Hf. The van der Waals surface area contributed by atoms with Gasteiger partial charge in [-0.2, -0.15) is 0 Å². The predicted molar refractivity (Wildman–Crippen MR) is 221 cm³/mol. The third kappa shape index (κ3) is 6.63. The van der Waals surface area contributed by atoms with E-state index in [2.05, 4.69) is 166 Å². The number of hydrogen-bond donors (Lipinski definition) is 0. The molecule has 2 unspecified atom stereocenters. The molecule has 0 aromatic heterocycles. The van der Waals surface area contributed by atoms with E-state index in [4.69, 9.17) is 0 Å². The minimum Gasteiger partial charge on any atom is -0.147 e.